The molecule has 0 spiro atoms. The maximum Gasteiger partial charge on any atom is 0.262 e. The number of nitriles is 1. The van der Waals surface area contributed by atoms with Crippen molar-refractivity contribution in [2.75, 3.05) is 0 Å². The molecule has 0 aliphatic heterocycles. The molecule has 1 N–H and O–H groups in total. The van der Waals surface area contributed by atoms with E-state index < -0.39 is 5.91 Å². The highest BCUT2D eigenvalue weighted by Gasteiger charge is 2.08. The lowest BCUT2D eigenvalue weighted by molar-refractivity contribution is -0.117. The molecule has 0 unspecified atom stereocenters. The zero-order valence-corrected chi connectivity index (χ0v) is 11.7. The van der Waals surface area contributed by atoms with Crippen LogP contribution in [0, 0.1) is 18.3 Å². The van der Waals surface area contributed by atoms with Gasteiger partial charge >= 0.3 is 0 Å². The summed E-state index contributed by atoms with van der Waals surface area (Å²) in [4.78, 5) is 16.1. The van der Waals surface area contributed by atoms with Crippen LogP contribution in [0.2, 0.25) is 0 Å². The Morgan fingerprint density at radius 1 is 1.33 bits per heavy atom. The highest BCUT2D eigenvalue weighted by molar-refractivity contribution is 6.01. The fourth-order valence-corrected chi connectivity index (χ4v) is 1.84. The Bertz CT molecular complexity index is 699. The van der Waals surface area contributed by atoms with E-state index in [0.717, 1.165) is 16.8 Å². The van der Waals surface area contributed by atoms with Gasteiger partial charge in [0.25, 0.3) is 5.91 Å². The molecule has 0 atom stereocenters. The van der Waals surface area contributed by atoms with Gasteiger partial charge in [-0.05, 0) is 30.7 Å². The molecule has 4 heteroatoms. The standard InChI is InChI=1S/C17H15N3O/c1-13-5-4-6-14(9-13)10-15(11-18)17(21)20-12-16-7-2-3-8-19-16/h2-10H,12H2,1H3,(H,20,21)/b15-10+. The molecule has 0 aliphatic rings. The van der Waals surface area contributed by atoms with Crippen molar-refractivity contribution < 1.29 is 4.79 Å². The molecule has 1 heterocycles. The van der Waals surface area contributed by atoms with Crippen molar-refractivity contribution in [3.8, 4) is 6.07 Å². The maximum atomic E-state index is 12.0. The number of rotatable bonds is 4. The monoisotopic (exact) mass is 277 g/mol. The molecular weight excluding hydrogens is 262 g/mol. The van der Waals surface area contributed by atoms with E-state index >= 15 is 0 Å². The van der Waals surface area contributed by atoms with E-state index in [-0.39, 0.29) is 5.57 Å². The van der Waals surface area contributed by atoms with Gasteiger partial charge in [0.15, 0.2) is 0 Å². The second-order valence-electron chi connectivity index (χ2n) is 4.59. The molecule has 1 amide bonds. The van der Waals surface area contributed by atoms with Crippen molar-refractivity contribution in [2.45, 2.75) is 13.5 Å². The first-order chi connectivity index (χ1) is 10.2. The predicted molar refractivity (Wildman–Crippen MR) is 80.9 cm³/mol. The number of benzene rings is 1. The molecule has 2 rings (SSSR count). The predicted octanol–water partition coefficient (Wildman–Crippen LogP) is 2.61. The summed E-state index contributed by atoms with van der Waals surface area (Å²) in [5.74, 6) is -0.398. The molecule has 0 aliphatic carbocycles. The van der Waals surface area contributed by atoms with Gasteiger partial charge in [0, 0.05) is 6.20 Å². The summed E-state index contributed by atoms with van der Waals surface area (Å²) < 4.78 is 0. The average Bonchev–Trinajstić information content (AvgIpc) is 2.51. The van der Waals surface area contributed by atoms with Gasteiger partial charge in [-0.25, -0.2) is 0 Å². The van der Waals surface area contributed by atoms with E-state index in [1.807, 2.05) is 55.5 Å². The Kier molecular flexibility index (Phi) is 4.84. The number of carbonyl (C=O) groups excluding carboxylic acids is 1. The van der Waals surface area contributed by atoms with Gasteiger partial charge in [0.2, 0.25) is 0 Å². The molecule has 0 fully saturated rings. The Labute approximate surface area is 123 Å². The quantitative estimate of drug-likeness (QED) is 0.690. The van der Waals surface area contributed by atoms with Crippen molar-refractivity contribution in [1.82, 2.24) is 10.3 Å². The lowest BCUT2D eigenvalue weighted by Gasteiger charge is -2.04. The van der Waals surface area contributed by atoms with Crippen molar-refractivity contribution >= 4 is 12.0 Å². The smallest absolute Gasteiger partial charge is 0.262 e. The Morgan fingerprint density at radius 3 is 2.86 bits per heavy atom. The number of carbonyl (C=O) groups is 1. The minimum Gasteiger partial charge on any atom is -0.346 e. The van der Waals surface area contributed by atoms with Gasteiger partial charge in [-0.3, -0.25) is 9.78 Å². The van der Waals surface area contributed by atoms with E-state index in [1.165, 1.54) is 0 Å². The number of nitrogens with zero attached hydrogens (tertiary/aromatic N) is 2. The molecule has 1 aromatic heterocycles. The average molecular weight is 277 g/mol. The van der Waals surface area contributed by atoms with Crippen molar-refractivity contribution in [1.29, 1.82) is 5.26 Å². The van der Waals surface area contributed by atoms with E-state index in [4.69, 9.17) is 5.26 Å². The number of nitrogens with one attached hydrogen (secondary N) is 1. The van der Waals surface area contributed by atoms with Crippen LogP contribution in [0.5, 0.6) is 0 Å². The molecular formula is C17H15N3O. The van der Waals surface area contributed by atoms with Crippen LogP contribution in [0.1, 0.15) is 16.8 Å². The van der Waals surface area contributed by atoms with E-state index in [1.54, 1.807) is 12.3 Å². The van der Waals surface area contributed by atoms with Gasteiger partial charge < -0.3 is 5.32 Å². The number of aromatic nitrogens is 1. The summed E-state index contributed by atoms with van der Waals surface area (Å²) in [6.07, 6.45) is 3.25. The van der Waals surface area contributed by atoms with Crippen LogP contribution in [0.4, 0.5) is 0 Å². The zero-order chi connectivity index (χ0) is 15.1. The van der Waals surface area contributed by atoms with Gasteiger partial charge in [-0.15, -0.1) is 0 Å². The summed E-state index contributed by atoms with van der Waals surface area (Å²) in [6, 6.07) is 15.0. The van der Waals surface area contributed by atoms with Crippen LogP contribution >= 0.6 is 0 Å². The van der Waals surface area contributed by atoms with E-state index in [2.05, 4.69) is 10.3 Å². The first-order valence-electron chi connectivity index (χ1n) is 6.55. The van der Waals surface area contributed by atoms with Crippen LogP contribution in [0.25, 0.3) is 6.08 Å². The van der Waals surface area contributed by atoms with Crippen LogP contribution in [0.3, 0.4) is 0 Å². The lowest BCUT2D eigenvalue weighted by Crippen LogP contribution is -2.24. The van der Waals surface area contributed by atoms with Gasteiger partial charge in [0.05, 0.1) is 12.2 Å². The molecule has 0 saturated heterocycles. The van der Waals surface area contributed by atoms with Gasteiger partial charge in [0.1, 0.15) is 11.6 Å². The summed E-state index contributed by atoms with van der Waals surface area (Å²) in [6.45, 7) is 2.26. The highest BCUT2D eigenvalue weighted by atomic mass is 16.1. The lowest BCUT2D eigenvalue weighted by atomic mass is 10.1. The minimum atomic E-state index is -0.398. The molecule has 0 bridgehead atoms. The van der Waals surface area contributed by atoms with Gasteiger partial charge in [-0.1, -0.05) is 35.9 Å². The van der Waals surface area contributed by atoms with Crippen LogP contribution in [-0.4, -0.2) is 10.9 Å². The van der Waals surface area contributed by atoms with Crippen molar-refractivity contribution in [2.24, 2.45) is 0 Å². The van der Waals surface area contributed by atoms with Crippen LogP contribution in [-0.2, 0) is 11.3 Å². The summed E-state index contributed by atoms with van der Waals surface area (Å²) in [5, 5.41) is 11.8. The number of pyridine rings is 1. The zero-order valence-electron chi connectivity index (χ0n) is 11.7. The summed E-state index contributed by atoms with van der Waals surface area (Å²) in [7, 11) is 0. The third-order valence-corrected chi connectivity index (χ3v) is 2.87. The fourth-order valence-electron chi connectivity index (χ4n) is 1.84. The summed E-state index contributed by atoms with van der Waals surface area (Å²) in [5.41, 5.74) is 2.74. The van der Waals surface area contributed by atoms with E-state index in [9.17, 15) is 4.79 Å². The molecule has 2 aromatic rings. The molecule has 21 heavy (non-hydrogen) atoms. The maximum absolute atomic E-state index is 12.0. The number of amides is 1. The third kappa shape index (κ3) is 4.29. The topological polar surface area (TPSA) is 65.8 Å². The fraction of sp³-hybridized carbons (Fsp3) is 0.118. The Morgan fingerprint density at radius 2 is 2.19 bits per heavy atom. The second-order valence-corrected chi connectivity index (χ2v) is 4.59. The van der Waals surface area contributed by atoms with Gasteiger partial charge in [-0.2, -0.15) is 5.26 Å². The van der Waals surface area contributed by atoms with Crippen molar-refractivity contribution in [3.63, 3.8) is 0 Å². The molecule has 0 radical (unpaired) electrons. The van der Waals surface area contributed by atoms with Crippen molar-refractivity contribution in [3.05, 3.63) is 71.1 Å². The van der Waals surface area contributed by atoms with E-state index in [0.29, 0.717) is 6.54 Å². The van der Waals surface area contributed by atoms with Crippen LogP contribution < -0.4 is 5.32 Å². The third-order valence-electron chi connectivity index (χ3n) is 2.87. The molecule has 4 nitrogen and oxygen atoms in total. The largest absolute Gasteiger partial charge is 0.346 e. The number of aryl methyl sites for hydroxylation is 1. The highest BCUT2D eigenvalue weighted by Crippen LogP contribution is 2.09. The SMILES string of the molecule is Cc1cccc(/C=C(\C#N)C(=O)NCc2ccccn2)c1. The van der Waals surface area contributed by atoms with Crippen LogP contribution in [0.15, 0.2) is 54.2 Å². The minimum absolute atomic E-state index is 0.0801. The first kappa shape index (κ1) is 14.5. The number of hydrogen-bond donors (Lipinski definition) is 1. The Hall–Kier alpha value is -2.93. The normalized spacial score (nSPS) is 10.8. The molecule has 104 valence electrons. The molecule has 0 saturated carbocycles. The summed E-state index contributed by atoms with van der Waals surface area (Å²) >= 11 is 0. The number of hydrogen-bond acceptors (Lipinski definition) is 3. The Balaban J connectivity index is 2.07. The first-order valence-corrected chi connectivity index (χ1v) is 6.55. The second kappa shape index (κ2) is 7.01. The molecule has 1 aromatic carbocycles.